The second kappa shape index (κ2) is 5.67. The normalized spacial score (nSPS) is 10.2. The van der Waals surface area contributed by atoms with Crippen LogP contribution in [0, 0.1) is 0 Å². The van der Waals surface area contributed by atoms with Crippen molar-refractivity contribution in [1.82, 2.24) is 9.97 Å². The highest BCUT2D eigenvalue weighted by molar-refractivity contribution is 6.30. The molecule has 5 nitrogen and oxygen atoms in total. The van der Waals surface area contributed by atoms with Gasteiger partial charge in [-0.2, -0.15) is 0 Å². The number of benzene rings is 1. The van der Waals surface area contributed by atoms with Gasteiger partial charge in [0.25, 0.3) is 0 Å². The lowest BCUT2D eigenvalue weighted by Crippen LogP contribution is -2.05. The first-order chi connectivity index (χ1) is 9.10. The molecule has 0 aliphatic rings. The summed E-state index contributed by atoms with van der Waals surface area (Å²) >= 11 is 5.93. The van der Waals surface area contributed by atoms with E-state index in [2.05, 4.69) is 9.97 Å². The maximum absolute atomic E-state index is 10.8. The lowest BCUT2D eigenvalue weighted by Gasteiger charge is -2.08. The van der Waals surface area contributed by atoms with Crippen LogP contribution in [0.1, 0.15) is 21.9 Å². The molecule has 2 aromatic rings. The monoisotopic (exact) mass is 278 g/mol. The molecule has 0 fully saturated rings. The van der Waals surface area contributed by atoms with Gasteiger partial charge in [0.1, 0.15) is 11.6 Å². The van der Waals surface area contributed by atoms with Crippen LogP contribution in [0.4, 0.5) is 0 Å². The average molecular weight is 279 g/mol. The summed E-state index contributed by atoms with van der Waals surface area (Å²) in [5, 5.41) is 9.46. The number of nitrogens with zero attached hydrogens (tertiary/aromatic N) is 2. The third kappa shape index (κ3) is 3.20. The average Bonchev–Trinajstić information content (AvgIpc) is 2.39. The van der Waals surface area contributed by atoms with E-state index >= 15 is 0 Å². The van der Waals surface area contributed by atoms with E-state index in [-0.39, 0.29) is 5.69 Å². The van der Waals surface area contributed by atoms with Gasteiger partial charge in [0.2, 0.25) is 0 Å². The van der Waals surface area contributed by atoms with Crippen LogP contribution in [0.5, 0.6) is 5.75 Å². The predicted octanol–water partition coefficient (Wildman–Crippen LogP) is 2.43. The minimum atomic E-state index is -1.08. The van der Waals surface area contributed by atoms with Crippen molar-refractivity contribution in [2.24, 2.45) is 0 Å². The van der Waals surface area contributed by atoms with Gasteiger partial charge in [0.15, 0.2) is 5.69 Å². The number of halogens is 1. The molecule has 0 amide bonds. The van der Waals surface area contributed by atoms with Crippen LogP contribution in [0.3, 0.4) is 0 Å². The highest BCUT2D eigenvalue weighted by Crippen LogP contribution is 2.24. The number of carboxylic acid groups (broad SMARTS) is 1. The molecular formula is C13H11ClN2O3. The molecule has 0 saturated heterocycles. The topological polar surface area (TPSA) is 72.3 Å². The largest absolute Gasteiger partial charge is 0.496 e. The van der Waals surface area contributed by atoms with Gasteiger partial charge in [-0.15, -0.1) is 0 Å². The Hall–Kier alpha value is -2.14. The zero-order valence-corrected chi connectivity index (χ0v) is 10.9. The van der Waals surface area contributed by atoms with Crippen molar-refractivity contribution in [2.75, 3.05) is 7.11 Å². The standard InChI is InChI=1S/C13H11ClN2O3/c1-19-11-3-2-9(14)6-8(11)7-12-15-5-4-10(16-12)13(17)18/h2-6H,7H2,1H3,(H,17,18). The molecule has 1 N–H and O–H groups in total. The Balaban J connectivity index is 2.33. The molecule has 98 valence electrons. The van der Waals surface area contributed by atoms with Crippen LogP contribution in [0.2, 0.25) is 5.02 Å². The Morgan fingerprint density at radius 3 is 2.89 bits per heavy atom. The van der Waals surface area contributed by atoms with Gasteiger partial charge in [-0.1, -0.05) is 11.6 Å². The number of carbonyl (C=O) groups is 1. The van der Waals surface area contributed by atoms with Crippen LogP contribution in [0.25, 0.3) is 0 Å². The maximum Gasteiger partial charge on any atom is 0.354 e. The fourth-order valence-corrected chi connectivity index (χ4v) is 1.85. The molecule has 0 saturated carbocycles. The molecule has 0 unspecified atom stereocenters. The minimum absolute atomic E-state index is 0.0361. The number of carboxylic acids is 1. The van der Waals surface area contributed by atoms with E-state index in [0.29, 0.717) is 23.0 Å². The van der Waals surface area contributed by atoms with Gasteiger partial charge in [-0.05, 0) is 24.3 Å². The second-order valence-electron chi connectivity index (χ2n) is 3.80. The number of ether oxygens (including phenoxy) is 1. The molecule has 6 heteroatoms. The van der Waals surface area contributed by atoms with E-state index in [1.165, 1.54) is 12.3 Å². The van der Waals surface area contributed by atoms with Crippen molar-refractivity contribution in [1.29, 1.82) is 0 Å². The molecule has 0 spiro atoms. The number of rotatable bonds is 4. The number of aromatic carboxylic acids is 1. The van der Waals surface area contributed by atoms with Crippen LogP contribution in [0.15, 0.2) is 30.5 Å². The summed E-state index contributed by atoms with van der Waals surface area (Å²) in [5.74, 6) is -0.0177. The number of hydrogen-bond acceptors (Lipinski definition) is 4. The first-order valence-electron chi connectivity index (χ1n) is 5.48. The SMILES string of the molecule is COc1ccc(Cl)cc1Cc1nccc(C(=O)O)n1. The summed E-state index contributed by atoms with van der Waals surface area (Å²) in [4.78, 5) is 18.9. The summed E-state index contributed by atoms with van der Waals surface area (Å²) in [6, 6.07) is 6.56. The summed E-state index contributed by atoms with van der Waals surface area (Å²) in [6.07, 6.45) is 1.77. The molecule has 1 heterocycles. The maximum atomic E-state index is 10.8. The summed E-state index contributed by atoms with van der Waals surface area (Å²) in [5.41, 5.74) is 0.767. The number of hydrogen-bond donors (Lipinski definition) is 1. The van der Waals surface area contributed by atoms with E-state index < -0.39 is 5.97 Å². The van der Waals surface area contributed by atoms with Crippen molar-refractivity contribution < 1.29 is 14.6 Å². The van der Waals surface area contributed by atoms with Crippen LogP contribution in [-0.4, -0.2) is 28.2 Å². The molecule has 0 bridgehead atoms. The van der Waals surface area contributed by atoms with Crippen LogP contribution < -0.4 is 4.74 Å². The van der Waals surface area contributed by atoms with E-state index in [1.54, 1.807) is 25.3 Å². The first-order valence-corrected chi connectivity index (χ1v) is 5.85. The fraction of sp³-hybridized carbons (Fsp3) is 0.154. The van der Waals surface area contributed by atoms with Gasteiger partial charge in [-0.25, -0.2) is 14.8 Å². The fourth-order valence-electron chi connectivity index (χ4n) is 1.66. The van der Waals surface area contributed by atoms with Gasteiger partial charge in [0.05, 0.1) is 7.11 Å². The Morgan fingerprint density at radius 1 is 1.42 bits per heavy atom. The predicted molar refractivity (Wildman–Crippen MR) is 69.8 cm³/mol. The molecule has 0 atom stereocenters. The summed E-state index contributed by atoms with van der Waals surface area (Å²) < 4.78 is 5.22. The van der Waals surface area contributed by atoms with E-state index in [1.807, 2.05) is 0 Å². The zero-order chi connectivity index (χ0) is 13.8. The minimum Gasteiger partial charge on any atom is -0.496 e. The first kappa shape index (κ1) is 13.3. The molecule has 19 heavy (non-hydrogen) atoms. The molecular weight excluding hydrogens is 268 g/mol. The lowest BCUT2D eigenvalue weighted by atomic mass is 10.1. The highest BCUT2D eigenvalue weighted by atomic mass is 35.5. The third-order valence-corrected chi connectivity index (χ3v) is 2.75. The smallest absolute Gasteiger partial charge is 0.354 e. The van der Waals surface area contributed by atoms with Crippen molar-refractivity contribution >= 4 is 17.6 Å². The number of methoxy groups -OCH3 is 1. The van der Waals surface area contributed by atoms with Gasteiger partial charge < -0.3 is 9.84 Å². The Bertz CT molecular complexity index is 617. The highest BCUT2D eigenvalue weighted by Gasteiger charge is 2.10. The van der Waals surface area contributed by atoms with Crippen LogP contribution in [-0.2, 0) is 6.42 Å². The van der Waals surface area contributed by atoms with Gasteiger partial charge in [0, 0.05) is 23.2 Å². The molecule has 2 rings (SSSR count). The van der Waals surface area contributed by atoms with Gasteiger partial charge >= 0.3 is 5.97 Å². The number of aromatic nitrogens is 2. The van der Waals surface area contributed by atoms with E-state index in [9.17, 15) is 4.79 Å². The zero-order valence-electron chi connectivity index (χ0n) is 10.1. The Labute approximate surface area is 114 Å². The van der Waals surface area contributed by atoms with Crippen molar-refractivity contribution in [3.63, 3.8) is 0 Å². The van der Waals surface area contributed by atoms with Crippen LogP contribution >= 0.6 is 11.6 Å². The molecule has 0 radical (unpaired) electrons. The van der Waals surface area contributed by atoms with Crippen molar-refractivity contribution in [3.05, 3.63) is 52.6 Å². The Morgan fingerprint density at radius 2 is 2.21 bits per heavy atom. The lowest BCUT2D eigenvalue weighted by molar-refractivity contribution is 0.0690. The van der Waals surface area contributed by atoms with E-state index in [4.69, 9.17) is 21.4 Å². The summed E-state index contributed by atoms with van der Waals surface area (Å²) in [6.45, 7) is 0. The quantitative estimate of drug-likeness (QED) is 0.930. The Kier molecular flexibility index (Phi) is 3.97. The van der Waals surface area contributed by atoms with Crippen molar-refractivity contribution in [2.45, 2.75) is 6.42 Å². The molecule has 0 aliphatic carbocycles. The van der Waals surface area contributed by atoms with Crippen molar-refractivity contribution in [3.8, 4) is 5.75 Å². The van der Waals surface area contributed by atoms with E-state index in [0.717, 1.165) is 5.56 Å². The molecule has 1 aromatic carbocycles. The second-order valence-corrected chi connectivity index (χ2v) is 4.23. The summed E-state index contributed by atoms with van der Waals surface area (Å²) in [7, 11) is 1.56. The van der Waals surface area contributed by atoms with Gasteiger partial charge in [-0.3, -0.25) is 0 Å². The third-order valence-electron chi connectivity index (χ3n) is 2.52. The molecule has 1 aromatic heterocycles. The molecule has 0 aliphatic heterocycles.